The highest BCUT2D eigenvalue weighted by atomic mass is 16.7. The highest BCUT2D eigenvalue weighted by Crippen LogP contribution is 2.30. The van der Waals surface area contributed by atoms with Crippen LogP contribution in [-0.4, -0.2) is 140 Å². The second-order valence-corrected chi connectivity index (χ2v) is 29.6. The zero-order valence-electron chi connectivity index (χ0n) is 64.6. The fraction of sp³-hybridized carbons (Fsp3) is 0.828. The van der Waals surface area contributed by atoms with Gasteiger partial charge in [-0.2, -0.15) is 0 Å². The van der Waals surface area contributed by atoms with Crippen LogP contribution in [0.1, 0.15) is 367 Å². The third-order valence-electron chi connectivity index (χ3n) is 20.3. The molecular formula is C87H157NO13. The van der Waals surface area contributed by atoms with Gasteiger partial charge in [-0.25, -0.2) is 0 Å². The SMILES string of the molecule is CC/C=C\C/C=C\C/C=C\C/C=C\CCCCCCCCCCCCCCCCCCCCCCCCCCCCCCC(=O)NC(COC1OC(CO)C(OC2OC(CO)C(O)C(O)C2O)C(O)C1O)C(O)/C=C/CC/C=C/CC/C=C/CCCCCCCCCCCCCCCCCC. The number of aliphatic hydroxyl groups excluding tert-OH is 8. The van der Waals surface area contributed by atoms with Crippen molar-refractivity contribution in [2.75, 3.05) is 19.8 Å². The topological polar surface area (TPSA) is 228 Å². The van der Waals surface area contributed by atoms with E-state index in [0.717, 1.165) is 70.6 Å². The second kappa shape index (κ2) is 70.2. The van der Waals surface area contributed by atoms with Gasteiger partial charge < -0.3 is 65.1 Å². The fourth-order valence-electron chi connectivity index (χ4n) is 13.7. The van der Waals surface area contributed by atoms with Gasteiger partial charge in [-0.05, 0) is 83.5 Å². The van der Waals surface area contributed by atoms with Crippen LogP contribution >= 0.6 is 0 Å². The van der Waals surface area contributed by atoms with E-state index in [9.17, 15) is 45.6 Å². The van der Waals surface area contributed by atoms with Crippen LogP contribution in [0.5, 0.6) is 0 Å². The van der Waals surface area contributed by atoms with E-state index in [1.54, 1.807) is 6.08 Å². The summed E-state index contributed by atoms with van der Waals surface area (Å²) in [5, 5.41) is 87.7. The molecule has 2 aliphatic heterocycles. The molecule has 12 unspecified atom stereocenters. The highest BCUT2D eigenvalue weighted by molar-refractivity contribution is 5.76. The van der Waals surface area contributed by atoms with Crippen LogP contribution in [0, 0.1) is 0 Å². The molecule has 0 bridgehead atoms. The molecule has 2 rings (SSSR count). The molecule has 0 aliphatic carbocycles. The molecule has 2 saturated heterocycles. The Morgan fingerprint density at radius 1 is 0.366 bits per heavy atom. The van der Waals surface area contributed by atoms with Crippen molar-refractivity contribution < 1.29 is 64.6 Å². The number of carbonyl (C=O) groups excluding carboxylic acids is 1. The van der Waals surface area contributed by atoms with Gasteiger partial charge in [0, 0.05) is 6.42 Å². The zero-order valence-corrected chi connectivity index (χ0v) is 64.6. The third-order valence-corrected chi connectivity index (χ3v) is 20.3. The van der Waals surface area contributed by atoms with Crippen molar-refractivity contribution >= 4 is 5.91 Å². The third kappa shape index (κ3) is 52.7. The van der Waals surface area contributed by atoms with Crippen molar-refractivity contribution in [3.63, 3.8) is 0 Å². The molecule has 2 heterocycles. The maximum Gasteiger partial charge on any atom is 0.220 e. The molecule has 2 aliphatic rings. The summed E-state index contributed by atoms with van der Waals surface area (Å²) in [7, 11) is 0. The van der Waals surface area contributed by atoms with Crippen molar-refractivity contribution in [3.05, 3.63) is 85.1 Å². The Morgan fingerprint density at radius 3 is 1.09 bits per heavy atom. The van der Waals surface area contributed by atoms with E-state index < -0.39 is 86.8 Å². The molecule has 0 aromatic carbocycles. The van der Waals surface area contributed by atoms with Gasteiger partial charge in [-0.15, -0.1) is 0 Å². The standard InChI is InChI=1S/C87H157NO13/c1-3-5-7-9-11-13-15-17-19-21-23-25-27-29-31-32-33-34-35-36-37-38-39-40-41-42-43-44-45-47-49-51-53-55-57-59-61-63-65-67-69-71-79(92)88-75(74-98-86-84(97)82(95)85(78(73-90)100-86)101-87-83(96)81(94)80(93)77(72-89)99-87)76(91)70-68-66-64-62-60-58-56-54-52-50-48-46-30-28-26-24-22-20-18-16-14-12-10-8-6-4-2/h5,7,11,13,17,19,23,25,52,54,60,62,68,70,75-78,80-87,89-91,93-97H,3-4,6,8-10,12,14-16,18,20-22,24,26-51,53,55-59,61,63-67,69,71-74H2,1-2H3,(H,88,92)/b7-5-,13-11-,19-17-,25-23-,54-52+,62-60+,70-68+. The van der Waals surface area contributed by atoms with Gasteiger partial charge in [0.05, 0.1) is 32.0 Å². The Hall–Kier alpha value is -2.83. The van der Waals surface area contributed by atoms with Crippen molar-refractivity contribution in [1.82, 2.24) is 5.32 Å². The lowest BCUT2D eigenvalue weighted by molar-refractivity contribution is -0.359. The Bertz CT molecular complexity index is 2020. The predicted octanol–water partition coefficient (Wildman–Crippen LogP) is 19.9. The number of carbonyl (C=O) groups is 1. The van der Waals surface area contributed by atoms with Crippen LogP contribution in [0.3, 0.4) is 0 Å². The summed E-state index contributed by atoms with van der Waals surface area (Å²) in [5.41, 5.74) is 0. The summed E-state index contributed by atoms with van der Waals surface area (Å²) >= 11 is 0. The predicted molar refractivity (Wildman–Crippen MR) is 420 cm³/mol. The van der Waals surface area contributed by atoms with E-state index >= 15 is 0 Å². The number of aliphatic hydroxyl groups is 8. The van der Waals surface area contributed by atoms with E-state index in [0.29, 0.717) is 12.8 Å². The second-order valence-electron chi connectivity index (χ2n) is 29.6. The monoisotopic (exact) mass is 1420 g/mol. The maximum absolute atomic E-state index is 13.4. The molecule has 0 spiro atoms. The molecule has 9 N–H and O–H groups in total. The number of ether oxygens (including phenoxy) is 4. The van der Waals surface area contributed by atoms with Gasteiger partial charge in [0.1, 0.15) is 48.8 Å². The van der Waals surface area contributed by atoms with Crippen molar-refractivity contribution in [3.8, 4) is 0 Å². The van der Waals surface area contributed by atoms with E-state index in [4.69, 9.17) is 18.9 Å². The molecule has 101 heavy (non-hydrogen) atoms. The molecule has 12 atom stereocenters. The first-order valence-electron chi connectivity index (χ1n) is 42.3. The average molecular weight is 1430 g/mol. The summed E-state index contributed by atoms with van der Waals surface area (Å²) in [4.78, 5) is 13.4. The molecular weight excluding hydrogens is 1270 g/mol. The number of hydrogen-bond acceptors (Lipinski definition) is 13. The van der Waals surface area contributed by atoms with Crippen LogP contribution in [-0.2, 0) is 23.7 Å². The van der Waals surface area contributed by atoms with Crippen LogP contribution in [0.15, 0.2) is 85.1 Å². The lowest BCUT2D eigenvalue weighted by Gasteiger charge is -2.46. The minimum absolute atomic E-state index is 0.247. The molecule has 1 amide bonds. The number of unbranched alkanes of at least 4 members (excludes halogenated alkanes) is 46. The maximum atomic E-state index is 13.4. The summed E-state index contributed by atoms with van der Waals surface area (Å²) in [5.74, 6) is -0.247. The lowest BCUT2D eigenvalue weighted by Crippen LogP contribution is -2.65. The largest absolute Gasteiger partial charge is 0.394 e. The van der Waals surface area contributed by atoms with Crippen LogP contribution < -0.4 is 5.32 Å². The summed E-state index contributed by atoms with van der Waals surface area (Å²) in [6, 6.07) is -0.941. The molecule has 14 heteroatoms. The normalized spacial score (nSPS) is 22.2. The summed E-state index contributed by atoms with van der Waals surface area (Å²) < 4.78 is 22.9. The number of allylic oxidation sites excluding steroid dienone is 13. The fourth-order valence-corrected chi connectivity index (χ4v) is 13.7. The van der Waals surface area contributed by atoms with Gasteiger partial charge in [0.25, 0.3) is 0 Å². The average Bonchev–Trinajstić information content (AvgIpc) is 0.792. The Balaban J connectivity index is 1.58. The van der Waals surface area contributed by atoms with Gasteiger partial charge in [0.15, 0.2) is 12.6 Å². The first-order valence-corrected chi connectivity index (χ1v) is 42.3. The van der Waals surface area contributed by atoms with Crippen molar-refractivity contribution in [2.24, 2.45) is 0 Å². The number of amides is 1. The smallest absolute Gasteiger partial charge is 0.220 e. The molecule has 0 radical (unpaired) electrons. The van der Waals surface area contributed by atoms with Crippen molar-refractivity contribution in [2.45, 2.75) is 441 Å². The van der Waals surface area contributed by atoms with Crippen LogP contribution in [0.4, 0.5) is 0 Å². The zero-order chi connectivity index (χ0) is 73.0. The first kappa shape index (κ1) is 94.3. The number of rotatable bonds is 71. The van der Waals surface area contributed by atoms with Gasteiger partial charge in [0.2, 0.25) is 5.91 Å². The van der Waals surface area contributed by atoms with Crippen molar-refractivity contribution in [1.29, 1.82) is 0 Å². The van der Waals surface area contributed by atoms with E-state index in [-0.39, 0.29) is 18.9 Å². The van der Waals surface area contributed by atoms with Crippen LogP contribution in [0.25, 0.3) is 0 Å². The van der Waals surface area contributed by atoms with Gasteiger partial charge in [-0.3, -0.25) is 4.79 Å². The molecule has 2 fully saturated rings. The van der Waals surface area contributed by atoms with E-state index in [1.165, 1.54) is 263 Å². The lowest BCUT2D eigenvalue weighted by atomic mass is 9.97. The van der Waals surface area contributed by atoms with E-state index in [2.05, 4.69) is 92.1 Å². The summed E-state index contributed by atoms with van der Waals surface area (Å²) in [6.45, 7) is 2.71. The van der Waals surface area contributed by atoms with Crippen LogP contribution in [0.2, 0.25) is 0 Å². The molecule has 0 aromatic rings. The minimum atomic E-state index is -1.80. The highest BCUT2D eigenvalue weighted by Gasteiger charge is 2.51. The molecule has 0 saturated carbocycles. The Labute approximate surface area is 618 Å². The summed E-state index contributed by atoms with van der Waals surface area (Å²) in [6.07, 6.45) is 82.7. The van der Waals surface area contributed by atoms with Gasteiger partial charge >= 0.3 is 0 Å². The molecule has 14 nitrogen and oxygen atoms in total. The molecule has 0 aromatic heterocycles. The Kier molecular flexibility index (Phi) is 65.5. The number of nitrogens with one attached hydrogen (secondary N) is 1. The number of hydrogen-bond donors (Lipinski definition) is 9. The first-order chi connectivity index (χ1) is 49.6. The quantitative estimate of drug-likeness (QED) is 0.0204. The molecule has 588 valence electrons. The minimum Gasteiger partial charge on any atom is -0.394 e. The van der Waals surface area contributed by atoms with E-state index in [1.807, 2.05) is 6.08 Å². The Morgan fingerprint density at radius 2 is 0.693 bits per heavy atom. The van der Waals surface area contributed by atoms with Gasteiger partial charge in [-0.1, -0.05) is 362 Å².